The summed E-state index contributed by atoms with van der Waals surface area (Å²) in [7, 11) is 0. The number of hydrogen-bond acceptors (Lipinski definition) is 1. The zero-order valence-electron chi connectivity index (χ0n) is 29.2. The van der Waals surface area contributed by atoms with Crippen molar-refractivity contribution in [2.45, 2.75) is 20.0 Å². The Hall–Kier alpha value is -7.09. The molecule has 0 saturated heterocycles. The van der Waals surface area contributed by atoms with E-state index < -0.39 is 11.7 Å². The monoisotopic (exact) mass is 706 g/mol. The molecule has 0 radical (unpaired) electrons. The number of aryl methyl sites for hydroxylation is 2. The van der Waals surface area contributed by atoms with Gasteiger partial charge in [0.05, 0.1) is 51.5 Å². The van der Waals surface area contributed by atoms with Crippen molar-refractivity contribution in [2.24, 2.45) is 0 Å². The van der Waals surface area contributed by atoms with Crippen LogP contribution in [0.4, 0.5) is 18.9 Å². The van der Waals surface area contributed by atoms with Gasteiger partial charge in [-0.05, 0) is 80.1 Å². The van der Waals surface area contributed by atoms with E-state index in [4.69, 9.17) is 6.57 Å². The average Bonchev–Trinajstić information content (AvgIpc) is 3.68. The van der Waals surface area contributed by atoms with Crippen molar-refractivity contribution in [3.63, 3.8) is 0 Å². The number of nitriles is 1. The maximum Gasteiger partial charge on any atom is 0.416 e. The number of alkyl halides is 3. The van der Waals surface area contributed by atoms with Gasteiger partial charge in [0.2, 0.25) is 0 Å². The third-order valence-electron chi connectivity index (χ3n) is 10.3. The van der Waals surface area contributed by atoms with Gasteiger partial charge in [0.25, 0.3) is 0 Å². The average molecular weight is 707 g/mol. The molecule has 54 heavy (non-hydrogen) atoms. The van der Waals surface area contributed by atoms with Gasteiger partial charge in [0, 0.05) is 43.9 Å². The molecule has 0 saturated carbocycles. The number of rotatable bonds is 4. The van der Waals surface area contributed by atoms with Gasteiger partial charge in [-0.3, -0.25) is 0 Å². The molecule has 0 bridgehead atoms. The second-order valence-corrected chi connectivity index (χ2v) is 13.6. The van der Waals surface area contributed by atoms with Crippen LogP contribution in [0.2, 0.25) is 0 Å². The van der Waals surface area contributed by atoms with Gasteiger partial charge in [-0.2, -0.15) is 18.4 Å². The molecular weight excluding hydrogens is 678 g/mol. The Balaban J connectivity index is 1.48. The minimum Gasteiger partial charge on any atom is -0.310 e. The third-order valence-corrected chi connectivity index (χ3v) is 10.3. The fraction of sp³-hybridized carbons (Fsp3) is 0.0638. The van der Waals surface area contributed by atoms with Crippen LogP contribution in [-0.2, 0) is 6.18 Å². The molecule has 258 valence electrons. The Morgan fingerprint density at radius 2 is 1.09 bits per heavy atom. The Bertz CT molecular complexity index is 3090. The van der Waals surface area contributed by atoms with Crippen molar-refractivity contribution in [2.75, 3.05) is 0 Å². The minimum atomic E-state index is -4.63. The second kappa shape index (κ2) is 12.3. The van der Waals surface area contributed by atoms with Crippen LogP contribution in [0, 0.1) is 31.8 Å². The summed E-state index contributed by atoms with van der Waals surface area (Å²) >= 11 is 0. The van der Waals surface area contributed by atoms with Crippen LogP contribution >= 0.6 is 0 Å². The van der Waals surface area contributed by atoms with Crippen molar-refractivity contribution in [1.82, 2.24) is 9.13 Å². The Labute approximate surface area is 309 Å². The largest absolute Gasteiger partial charge is 0.416 e. The Morgan fingerprint density at radius 1 is 0.556 bits per heavy atom. The minimum absolute atomic E-state index is 0.116. The van der Waals surface area contributed by atoms with Crippen LogP contribution in [0.25, 0.3) is 82.1 Å². The van der Waals surface area contributed by atoms with E-state index in [0.717, 1.165) is 78.2 Å². The van der Waals surface area contributed by atoms with Gasteiger partial charge >= 0.3 is 6.18 Å². The Morgan fingerprint density at radius 3 is 1.65 bits per heavy atom. The summed E-state index contributed by atoms with van der Waals surface area (Å²) < 4.78 is 46.3. The SMILES string of the molecule is [C-]#[N+]c1cccc(-n2c3ccccc3c3cc(C)ccc32)c1-c1c(-c2ccc(C(F)(F)F)cc2C#N)cccc1-n1c2ccccc2c2cc(C)ccc21. The molecule has 0 aliphatic rings. The molecule has 2 aromatic heterocycles. The third kappa shape index (κ3) is 4.98. The van der Waals surface area contributed by atoms with Crippen LogP contribution in [0.1, 0.15) is 22.3 Å². The summed E-state index contributed by atoms with van der Waals surface area (Å²) in [5.41, 5.74) is 8.86. The first-order valence-corrected chi connectivity index (χ1v) is 17.4. The van der Waals surface area contributed by atoms with Gasteiger partial charge in [0.15, 0.2) is 5.69 Å². The number of aromatic nitrogens is 2. The van der Waals surface area contributed by atoms with Gasteiger partial charge in [-0.15, -0.1) is 0 Å². The van der Waals surface area contributed by atoms with Crippen molar-refractivity contribution < 1.29 is 13.2 Å². The molecule has 0 fully saturated rings. The summed E-state index contributed by atoms with van der Waals surface area (Å²) in [5, 5.41) is 14.6. The molecular formula is C47H29F3N4. The highest BCUT2D eigenvalue weighted by molar-refractivity contribution is 6.13. The topological polar surface area (TPSA) is 38.0 Å². The fourth-order valence-corrected chi connectivity index (χ4v) is 8.02. The number of fused-ring (bicyclic) bond motifs is 6. The highest BCUT2D eigenvalue weighted by Crippen LogP contribution is 2.49. The molecule has 0 spiro atoms. The van der Waals surface area contributed by atoms with Crippen molar-refractivity contribution in [3.8, 4) is 39.7 Å². The molecule has 0 unspecified atom stereocenters. The van der Waals surface area contributed by atoms with Crippen molar-refractivity contribution in [3.05, 3.63) is 173 Å². The molecule has 0 amide bonds. The number of benzene rings is 7. The first-order chi connectivity index (χ1) is 26.2. The lowest BCUT2D eigenvalue weighted by Gasteiger charge is -2.23. The lowest BCUT2D eigenvalue weighted by Crippen LogP contribution is -2.06. The van der Waals surface area contributed by atoms with E-state index in [1.165, 1.54) is 6.07 Å². The van der Waals surface area contributed by atoms with Crippen LogP contribution in [0.15, 0.2) is 140 Å². The second-order valence-electron chi connectivity index (χ2n) is 13.6. The zero-order valence-corrected chi connectivity index (χ0v) is 29.2. The van der Waals surface area contributed by atoms with E-state index in [1.807, 2.05) is 54.6 Å². The van der Waals surface area contributed by atoms with E-state index in [2.05, 4.69) is 94.6 Å². The van der Waals surface area contributed by atoms with Crippen LogP contribution < -0.4 is 0 Å². The maximum absolute atomic E-state index is 14.0. The molecule has 7 heteroatoms. The van der Waals surface area contributed by atoms with E-state index in [0.29, 0.717) is 27.9 Å². The van der Waals surface area contributed by atoms with E-state index >= 15 is 0 Å². The summed E-state index contributed by atoms with van der Waals surface area (Å²) in [5.74, 6) is 0. The summed E-state index contributed by atoms with van der Waals surface area (Å²) in [6.45, 7) is 12.6. The molecule has 0 N–H and O–H groups in total. The van der Waals surface area contributed by atoms with Gasteiger partial charge in [0.1, 0.15) is 0 Å². The highest BCUT2D eigenvalue weighted by atomic mass is 19.4. The lowest BCUT2D eigenvalue weighted by atomic mass is 9.88. The number of halogens is 3. The first-order valence-electron chi connectivity index (χ1n) is 17.4. The van der Waals surface area contributed by atoms with Crippen molar-refractivity contribution in [1.29, 1.82) is 5.26 Å². The lowest BCUT2D eigenvalue weighted by molar-refractivity contribution is -0.137. The summed E-state index contributed by atoms with van der Waals surface area (Å²) in [6.07, 6.45) is -4.63. The van der Waals surface area contributed by atoms with E-state index in [1.54, 1.807) is 6.07 Å². The van der Waals surface area contributed by atoms with Crippen LogP contribution in [0.3, 0.4) is 0 Å². The Kier molecular flexibility index (Phi) is 7.44. The molecule has 2 heterocycles. The summed E-state index contributed by atoms with van der Waals surface area (Å²) in [6, 6.07) is 45.6. The van der Waals surface area contributed by atoms with E-state index in [-0.39, 0.29) is 5.56 Å². The smallest absolute Gasteiger partial charge is 0.310 e. The highest BCUT2D eigenvalue weighted by Gasteiger charge is 2.32. The standard InChI is InChI=1S/C47H29F3N4/c1-28-18-22-41-36(24-28)33-10-4-6-14-39(33)53(41)43-16-8-12-35(32-21-20-31(47(48,49)50)26-30(32)27-51)45(43)46-38(52-3)13-9-17-44(46)54-40-15-7-5-11-34(40)37-25-29(2)19-23-42(37)54/h4-26H,1-2H3. The molecule has 9 aromatic rings. The predicted octanol–water partition coefficient (Wildman–Crippen LogP) is 13.3. The molecule has 9 rings (SSSR count). The first kappa shape index (κ1) is 32.8. The van der Waals surface area contributed by atoms with E-state index in [9.17, 15) is 18.4 Å². The number of para-hydroxylation sites is 2. The normalized spacial score (nSPS) is 11.8. The fourth-order valence-electron chi connectivity index (χ4n) is 8.02. The molecule has 4 nitrogen and oxygen atoms in total. The summed E-state index contributed by atoms with van der Waals surface area (Å²) in [4.78, 5) is 4.09. The van der Waals surface area contributed by atoms with Crippen molar-refractivity contribution >= 4 is 49.3 Å². The predicted molar refractivity (Wildman–Crippen MR) is 211 cm³/mol. The number of nitrogens with zero attached hydrogens (tertiary/aromatic N) is 4. The van der Waals surface area contributed by atoms with Gasteiger partial charge in [-0.1, -0.05) is 90.0 Å². The van der Waals surface area contributed by atoms with Crippen LogP contribution in [0.5, 0.6) is 0 Å². The zero-order chi connectivity index (χ0) is 37.3. The molecule has 0 aliphatic carbocycles. The van der Waals surface area contributed by atoms with Gasteiger partial charge in [-0.25, -0.2) is 4.85 Å². The maximum atomic E-state index is 14.0. The molecule has 7 aromatic carbocycles. The molecule has 0 atom stereocenters. The molecule has 0 aliphatic heterocycles. The van der Waals surface area contributed by atoms with Crippen LogP contribution in [-0.4, -0.2) is 9.13 Å². The quantitative estimate of drug-likeness (QED) is 0.168. The van der Waals surface area contributed by atoms with Gasteiger partial charge < -0.3 is 9.13 Å². The number of hydrogen-bond donors (Lipinski definition) is 0.